The van der Waals surface area contributed by atoms with E-state index in [2.05, 4.69) is 9.44 Å². The lowest BCUT2D eigenvalue weighted by Gasteiger charge is -2.36. The molecular weight excluding hydrogens is 452 g/mol. The van der Waals surface area contributed by atoms with E-state index in [0.717, 1.165) is 0 Å². The van der Waals surface area contributed by atoms with Gasteiger partial charge in [0.25, 0.3) is 0 Å². The Labute approximate surface area is 190 Å². The molecule has 0 unspecified atom stereocenters. The van der Waals surface area contributed by atoms with Crippen molar-refractivity contribution >= 4 is 20.0 Å². The Kier molecular flexibility index (Phi) is 8.07. The maximum absolute atomic E-state index is 12.8. The average molecular weight is 483 g/mol. The first-order chi connectivity index (χ1) is 15.1. The van der Waals surface area contributed by atoms with Crippen LogP contribution in [0.3, 0.4) is 0 Å². The summed E-state index contributed by atoms with van der Waals surface area (Å²) in [5, 5.41) is 9.76. The molecule has 3 atom stereocenters. The smallest absolute Gasteiger partial charge is 0.241 e. The number of aliphatic hydroxyl groups is 1. The molecule has 3 N–H and O–H groups in total. The molecular formula is C22H30N2O6S2. The topological polar surface area (TPSA) is 122 Å². The first-order valence-corrected chi connectivity index (χ1v) is 13.5. The lowest BCUT2D eigenvalue weighted by molar-refractivity contribution is -0.0869. The summed E-state index contributed by atoms with van der Waals surface area (Å²) in [4.78, 5) is 0.438. The summed E-state index contributed by atoms with van der Waals surface area (Å²) in [7, 11) is -7.38. The largest absolute Gasteiger partial charge is 0.394 e. The van der Waals surface area contributed by atoms with E-state index < -0.39 is 32.2 Å². The predicted molar refractivity (Wildman–Crippen MR) is 121 cm³/mol. The van der Waals surface area contributed by atoms with Crippen LogP contribution in [0.25, 0.3) is 0 Å². The number of hydrogen-bond acceptors (Lipinski definition) is 6. The van der Waals surface area contributed by atoms with Crippen molar-refractivity contribution in [1.29, 1.82) is 0 Å². The Morgan fingerprint density at radius 3 is 2.03 bits per heavy atom. The highest BCUT2D eigenvalue weighted by molar-refractivity contribution is 7.89. The van der Waals surface area contributed by atoms with Crippen molar-refractivity contribution in [3.63, 3.8) is 0 Å². The van der Waals surface area contributed by atoms with Crippen LogP contribution >= 0.6 is 0 Å². The van der Waals surface area contributed by atoms with E-state index in [9.17, 15) is 21.9 Å². The van der Waals surface area contributed by atoms with Crippen LogP contribution in [0.1, 0.15) is 30.4 Å². The van der Waals surface area contributed by atoms with E-state index in [-0.39, 0.29) is 29.0 Å². The van der Waals surface area contributed by atoms with Crippen molar-refractivity contribution in [2.75, 3.05) is 13.2 Å². The van der Waals surface area contributed by atoms with Crippen molar-refractivity contribution in [2.24, 2.45) is 0 Å². The van der Waals surface area contributed by atoms with Gasteiger partial charge in [-0.05, 0) is 56.4 Å². The Balaban J connectivity index is 1.57. The minimum atomic E-state index is -3.75. The minimum absolute atomic E-state index is 0.180. The maximum atomic E-state index is 12.8. The van der Waals surface area contributed by atoms with Crippen molar-refractivity contribution in [2.45, 2.75) is 61.2 Å². The molecule has 1 heterocycles. The summed E-state index contributed by atoms with van der Waals surface area (Å²) in [5.74, 6) is 0. The molecule has 0 spiro atoms. The molecule has 0 saturated carbocycles. The van der Waals surface area contributed by atoms with E-state index in [1.807, 2.05) is 0 Å². The van der Waals surface area contributed by atoms with Crippen molar-refractivity contribution < 1.29 is 26.7 Å². The molecule has 0 aliphatic carbocycles. The van der Waals surface area contributed by atoms with E-state index in [1.54, 1.807) is 62.4 Å². The van der Waals surface area contributed by atoms with Crippen LogP contribution in [-0.2, 0) is 24.8 Å². The van der Waals surface area contributed by atoms with E-state index in [4.69, 9.17) is 4.74 Å². The van der Waals surface area contributed by atoms with Crippen LogP contribution in [0.15, 0.2) is 58.3 Å². The fourth-order valence-corrected chi connectivity index (χ4v) is 6.73. The fraction of sp³-hybridized carbons (Fsp3) is 0.455. The normalized spacial score (nSPS) is 22.0. The molecule has 3 rings (SSSR count). The number of nitrogens with one attached hydrogen (secondary N) is 2. The zero-order chi connectivity index (χ0) is 23.4. The summed E-state index contributed by atoms with van der Waals surface area (Å²) >= 11 is 0. The Bertz CT molecular complexity index is 1130. The molecule has 0 aromatic heterocycles. The lowest BCUT2D eigenvalue weighted by Crippen LogP contribution is -2.51. The molecule has 1 aliphatic rings. The molecule has 32 heavy (non-hydrogen) atoms. The molecule has 2 aromatic carbocycles. The zero-order valence-electron chi connectivity index (χ0n) is 18.2. The third-order valence-corrected chi connectivity index (χ3v) is 8.90. The molecule has 1 saturated heterocycles. The molecule has 0 amide bonds. The van der Waals surface area contributed by atoms with Crippen LogP contribution < -0.4 is 9.44 Å². The van der Waals surface area contributed by atoms with Gasteiger partial charge in [0.15, 0.2) is 0 Å². The van der Waals surface area contributed by atoms with E-state index in [0.29, 0.717) is 30.4 Å². The van der Waals surface area contributed by atoms with Crippen molar-refractivity contribution in [3.05, 3.63) is 59.7 Å². The summed E-state index contributed by atoms with van der Waals surface area (Å²) in [6.07, 6.45) is 0.444. The second kappa shape index (κ2) is 10.4. The van der Waals surface area contributed by atoms with Gasteiger partial charge in [0.2, 0.25) is 20.0 Å². The molecule has 10 heteroatoms. The molecule has 1 fully saturated rings. The van der Waals surface area contributed by atoms with Crippen LogP contribution in [0.5, 0.6) is 0 Å². The first-order valence-electron chi connectivity index (χ1n) is 10.5. The number of hydrogen-bond donors (Lipinski definition) is 3. The first kappa shape index (κ1) is 24.8. The summed E-state index contributed by atoms with van der Waals surface area (Å²) in [6.45, 7) is 3.30. The third-order valence-electron chi connectivity index (χ3n) is 5.63. The number of aryl methyl sites for hydroxylation is 2. The Morgan fingerprint density at radius 1 is 0.906 bits per heavy atom. The van der Waals surface area contributed by atoms with Crippen LogP contribution in [-0.4, -0.2) is 53.3 Å². The molecule has 1 aliphatic heterocycles. The predicted octanol–water partition coefficient (Wildman–Crippen LogP) is 1.86. The SMILES string of the molecule is Cc1ccccc1S(=O)(=O)NCC[C@H]1CC[C@@H](NS(=O)(=O)c2ccccc2C)[C@H](CO)O1. The zero-order valence-corrected chi connectivity index (χ0v) is 19.8. The molecule has 8 nitrogen and oxygen atoms in total. The van der Waals surface area contributed by atoms with Gasteiger partial charge in [-0.25, -0.2) is 26.3 Å². The lowest BCUT2D eigenvalue weighted by atomic mass is 9.98. The van der Waals surface area contributed by atoms with Gasteiger partial charge in [0.1, 0.15) is 0 Å². The molecule has 0 bridgehead atoms. The monoisotopic (exact) mass is 482 g/mol. The summed E-state index contributed by atoms with van der Waals surface area (Å²) in [5.41, 5.74) is 1.30. The van der Waals surface area contributed by atoms with Crippen molar-refractivity contribution in [1.82, 2.24) is 9.44 Å². The van der Waals surface area contributed by atoms with Crippen LogP contribution in [0.2, 0.25) is 0 Å². The second-order valence-corrected chi connectivity index (χ2v) is 11.4. The van der Waals surface area contributed by atoms with Gasteiger partial charge >= 0.3 is 0 Å². The third kappa shape index (κ3) is 5.94. The van der Waals surface area contributed by atoms with Gasteiger partial charge in [0.05, 0.1) is 34.6 Å². The van der Waals surface area contributed by atoms with Crippen LogP contribution in [0, 0.1) is 13.8 Å². The Hall–Kier alpha value is -1.82. The number of benzene rings is 2. The molecule has 2 aromatic rings. The summed E-state index contributed by atoms with van der Waals surface area (Å²) in [6, 6.07) is 12.9. The molecule has 176 valence electrons. The number of sulfonamides is 2. The Morgan fingerprint density at radius 2 is 1.47 bits per heavy atom. The molecule has 0 radical (unpaired) electrons. The van der Waals surface area contributed by atoms with Gasteiger partial charge in [0, 0.05) is 6.54 Å². The quantitative estimate of drug-likeness (QED) is 0.502. The minimum Gasteiger partial charge on any atom is -0.394 e. The van der Waals surface area contributed by atoms with Crippen LogP contribution in [0.4, 0.5) is 0 Å². The number of rotatable bonds is 9. The standard InChI is InChI=1S/C22H30N2O6S2/c1-16-7-3-5-9-21(16)31(26,27)23-14-13-18-11-12-19(20(15-25)30-18)24-32(28,29)22-10-6-4-8-17(22)2/h3-10,18-20,23-25H,11-15H2,1-2H3/t18-,19-,20+/m1/s1. The highest BCUT2D eigenvalue weighted by Gasteiger charge is 2.34. The van der Waals surface area contributed by atoms with E-state index in [1.165, 1.54) is 0 Å². The average Bonchev–Trinajstić information content (AvgIpc) is 2.74. The maximum Gasteiger partial charge on any atom is 0.241 e. The number of aliphatic hydroxyl groups excluding tert-OH is 1. The van der Waals surface area contributed by atoms with Gasteiger partial charge in [-0.1, -0.05) is 36.4 Å². The fourth-order valence-electron chi connectivity index (χ4n) is 3.89. The highest BCUT2D eigenvalue weighted by atomic mass is 32.2. The van der Waals surface area contributed by atoms with Gasteiger partial charge in [-0.2, -0.15) is 0 Å². The van der Waals surface area contributed by atoms with Gasteiger partial charge < -0.3 is 9.84 Å². The second-order valence-electron chi connectivity index (χ2n) is 8.00. The van der Waals surface area contributed by atoms with Gasteiger partial charge in [-0.15, -0.1) is 0 Å². The van der Waals surface area contributed by atoms with Crippen molar-refractivity contribution in [3.8, 4) is 0 Å². The summed E-state index contributed by atoms with van der Waals surface area (Å²) < 4.78 is 61.7. The number of ether oxygens (including phenoxy) is 1. The van der Waals surface area contributed by atoms with Gasteiger partial charge in [-0.3, -0.25) is 0 Å². The highest BCUT2D eigenvalue weighted by Crippen LogP contribution is 2.24. The van der Waals surface area contributed by atoms with E-state index >= 15 is 0 Å².